The first-order valence-corrected chi connectivity index (χ1v) is 4.49. The molecule has 0 amide bonds. The van der Waals surface area contributed by atoms with Crippen molar-refractivity contribution in [2.24, 2.45) is 0 Å². The van der Waals surface area contributed by atoms with E-state index in [1.165, 1.54) is 0 Å². The van der Waals surface area contributed by atoms with Crippen molar-refractivity contribution in [3.63, 3.8) is 0 Å². The van der Waals surface area contributed by atoms with Crippen molar-refractivity contribution in [3.8, 4) is 17.6 Å². The molecule has 3 heteroatoms. The number of nitrogens with zero attached hydrogens (tertiary/aromatic N) is 1. The normalized spacial score (nSPS) is 9.86. The van der Waals surface area contributed by atoms with Gasteiger partial charge >= 0.3 is 0 Å². The summed E-state index contributed by atoms with van der Waals surface area (Å²) in [5.41, 5.74) is 0.559. The first-order chi connectivity index (χ1) is 6.65. The number of aromatic hydroxyl groups is 1. The molecular formula is C11H13NO2. The van der Waals surface area contributed by atoms with Crippen LogP contribution in [0.2, 0.25) is 0 Å². The predicted octanol–water partition coefficient (Wildman–Crippen LogP) is 2.25. The van der Waals surface area contributed by atoms with Gasteiger partial charge in [0, 0.05) is 5.56 Å². The van der Waals surface area contributed by atoms with Crippen LogP contribution in [-0.2, 0) is 6.42 Å². The van der Waals surface area contributed by atoms with E-state index in [2.05, 4.69) is 0 Å². The third-order valence-corrected chi connectivity index (χ3v) is 1.73. The molecule has 0 aliphatic carbocycles. The maximum Gasteiger partial charge on any atom is 0.127 e. The third kappa shape index (κ3) is 2.40. The van der Waals surface area contributed by atoms with E-state index in [-0.39, 0.29) is 18.3 Å². The molecule has 0 spiro atoms. The second kappa shape index (κ2) is 4.52. The summed E-state index contributed by atoms with van der Waals surface area (Å²) in [5.74, 6) is 0.700. The molecular weight excluding hydrogens is 178 g/mol. The molecule has 0 atom stereocenters. The van der Waals surface area contributed by atoms with Gasteiger partial charge in [-0.1, -0.05) is 6.07 Å². The maximum atomic E-state index is 9.50. The Kier molecular flexibility index (Phi) is 3.35. The van der Waals surface area contributed by atoms with Gasteiger partial charge in [-0.2, -0.15) is 5.26 Å². The molecule has 1 rings (SSSR count). The molecule has 0 aliphatic heterocycles. The lowest BCUT2D eigenvalue weighted by atomic mass is 10.1. The van der Waals surface area contributed by atoms with Gasteiger partial charge in [-0.05, 0) is 26.0 Å². The standard InChI is InChI=1S/C11H13NO2/c1-8(2)14-11-5-3-4-10(13)9(11)6-7-12/h3-5,8,13H,6H2,1-2H3. The summed E-state index contributed by atoms with van der Waals surface area (Å²) in [6.07, 6.45) is 0.198. The first-order valence-electron chi connectivity index (χ1n) is 4.49. The topological polar surface area (TPSA) is 53.2 Å². The van der Waals surface area contributed by atoms with Gasteiger partial charge in [-0.3, -0.25) is 0 Å². The van der Waals surface area contributed by atoms with Gasteiger partial charge in [0.15, 0.2) is 0 Å². The molecule has 1 aromatic rings. The van der Waals surface area contributed by atoms with Crippen molar-refractivity contribution in [2.45, 2.75) is 26.4 Å². The van der Waals surface area contributed by atoms with Gasteiger partial charge in [0.1, 0.15) is 11.5 Å². The van der Waals surface area contributed by atoms with Crippen molar-refractivity contribution in [3.05, 3.63) is 23.8 Å². The van der Waals surface area contributed by atoms with Crippen LogP contribution in [0.25, 0.3) is 0 Å². The summed E-state index contributed by atoms with van der Waals surface area (Å²) >= 11 is 0. The summed E-state index contributed by atoms with van der Waals surface area (Å²) in [6.45, 7) is 3.81. The SMILES string of the molecule is CC(C)Oc1cccc(O)c1CC#N. The van der Waals surface area contributed by atoms with Crippen LogP contribution in [0, 0.1) is 11.3 Å². The zero-order valence-electron chi connectivity index (χ0n) is 8.32. The highest BCUT2D eigenvalue weighted by atomic mass is 16.5. The van der Waals surface area contributed by atoms with E-state index in [0.717, 1.165) is 0 Å². The second-order valence-electron chi connectivity index (χ2n) is 3.26. The number of ether oxygens (including phenoxy) is 1. The summed E-state index contributed by atoms with van der Waals surface area (Å²) < 4.78 is 5.47. The van der Waals surface area contributed by atoms with Crippen LogP contribution in [0.1, 0.15) is 19.4 Å². The zero-order chi connectivity index (χ0) is 10.6. The Labute approximate surface area is 83.6 Å². The lowest BCUT2D eigenvalue weighted by Crippen LogP contribution is -2.07. The Hall–Kier alpha value is -1.69. The average molecular weight is 191 g/mol. The molecule has 0 radical (unpaired) electrons. The van der Waals surface area contributed by atoms with Gasteiger partial charge in [-0.25, -0.2) is 0 Å². The van der Waals surface area contributed by atoms with Crippen molar-refractivity contribution < 1.29 is 9.84 Å². The van der Waals surface area contributed by atoms with Gasteiger partial charge in [-0.15, -0.1) is 0 Å². The van der Waals surface area contributed by atoms with Gasteiger partial charge < -0.3 is 9.84 Å². The van der Waals surface area contributed by atoms with E-state index in [0.29, 0.717) is 11.3 Å². The van der Waals surface area contributed by atoms with Gasteiger partial charge in [0.05, 0.1) is 18.6 Å². The molecule has 3 nitrogen and oxygen atoms in total. The molecule has 0 saturated carbocycles. The Morgan fingerprint density at radius 3 is 2.79 bits per heavy atom. The molecule has 0 fully saturated rings. The van der Waals surface area contributed by atoms with Gasteiger partial charge in [0.2, 0.25) is 0 Å². The highest BCUT2D eigenvalue weighted by molar-refractivity contribution is 5.45. The summed E-state index contributed by atoms with van der Waals surface area (Å²) in [4.78, 5) is 0. The van der Waals surface area contributed by atoms with E-state index in [4.69, 9.17) is 10.00 Å². The quantitative estimate of drug-likeness (QED) is 0.797. The smallest absolute Gasteiger partial charge is 0.127 e. The minimum absolute atomic E-state index is 0.0363. The molecule has 14 heavy (non-hydrogen) atoms. The second-order valence-corrected chi connectivity index (χ2v) is 3.26. The van der Waals surface area contributed by atoms with E-state index in [1.54, 1.807) is 18.2 Å². The molecule has 0 heterocycles. The molecule has 0 aromatic heterocycles. The van der Waals surface area contributed by atoms with E-state index >= 15 is 0 Å². The fraction of sp³-hybridized carbons (Fsp3) is 0.364. The van der Waals surface area contributed by atoms with Crippen LogP contribution in [0.3, 0.4) is 0 Å². The van der Waals surface area contributed by atoms with Crippen LogP contribution in [0.15, 0.2) is 18.2 Å². The summed E-state index contributed by atoms with van der Waals surface area (Å²) in [7, 11) is 0. The Balaban J connectivity index is 3.02. The molecule has 0 bridgehead atoms. The van der Waals surface area contributed by atoms with Crippen LogP contribution >= 0.6 is 0 Å². The van der Waals surface area contributed by atoms with E-state index < -0.39 is 0 Å². The molecule has 1 aromatic carbocycles. The van der Waals surface area contributed by atoms with Crippen molar-refractivity contribution in [1.82, 2.24) is 0 Å². The number of benzene rings is 1. The molecule has 0 aliphatic rings. The predicted molar refractivity (Wildman–Crippen MR) is 53.2 cm³/mol. The maximum absolute atomic E-state index is 9.50. The minimum Gasteiger partial charge on any atom is -0.507 e. The molecule has 1 N–H and O–H groups in total. The zero-order valence-corrected chi connectivity index (χ0v) is 8.32. The van der Waals surface area contributed by atoms with Crippen molar-refractivity contribution >= 4 is 0 Å². The number of phenolic OH excluding ortho intramolecular Hbond substituents is 1. The minimum atomic E-state index is 0.0363. The van der Waals surface area contributed by atoms with Crippen LogP contribution in [0.4, 0.5) is 0 Å². The third-order valence-electron chi connectivity index (χ3n) is 1.73. The van der Waals surface area contributed by atoms with E-state index in [9.17, 15) is 5.11 Å². The number of nitriles is 1. The fourth-order valence-corrected chi connectivity index (χ4v) is 1.18. The Morgan fingerprint density at radius 2 is 2.21 bits per heavy atom. The molecule has 0 unspecified atom stereocenters. The molecule has 74 valence electrons. The monoisotopic (exact) mass is 191 g/mol. The van der Waals surface area contributed by atoms with Crippen LogP contribution in [0.5, 0.6) is 11.5 Å². The van der Waals surface area contributed by atoms with Crippen LogP contribution < -0.4 is 4.74 Å². The first kappa shape index (κ1) is 10.4. The largest absolute Gasteiger partial charge is 0.507 e. The highest BCUT2D eigenvalue weighted by Crippen LogP contribution is 2.28. The Morgan fingerprint density at radius 1 is 1.50 bits per heavy atom. The summed E-state index contributed by atoms with van der Waals surface area (Å²) in [5, 5.41) is 18.1. The van der Waals surface area contributed by atoms with Crippen LogP contribution in [-0.4, -0.2) is 11.2 Å². The molecule has 0 saturated heterocycles. The Bertz CT molecular complexity index is 353. The number of rotatable bonds is 3. The highest BCUT2D eigenvalue weighted by Gasteiger charge is 2.09. The number of phenols is 1. The van der Waals surface area contributed by atoms with Gasteiger partial charge in [0.25, 0.3) is 0 Å². The summed E-state index contributed by atoms with van der Waals surface area (Å²) in [6, 6.07) is 7.01. The fourth-order valence-electron chi connectivity index (χ4n) is 1.18. The average Bonchev–Trinajstić information content (AvgIpc) is 2.10. The van der Waals surface area contributed by atoms with Crippen molar-refractivity contribution in [1.29, 1.82) is 5.26 Å². The number of hydrogen-bond donors (Lipinski definition) is 1. The lowest BCUT2D eigenvalue weighted by molar-refractivity contribution is 0.239. The number of hydrogen-bond acceptors (Lipinski definition) is 3. The lowest BCUT2D eigenvalue weighted by Gasteiger charge is -2.13. The van der Waals surface area contributed by atoms with Crippen molar-refractivity contribution in [2.75, 3.05) is 0 Å². The van der Waals surface area contributed by atoms with E-state index in [1.807, 2.05) is 19.9 Å².